The molecule has 12 rings (SSSR count). The number of para-hydroxylation sites is 4. The number of rotatable bonds is 6. The van der Waals surface area contributed by atoms with Gasteiger partial charge >= 0.3 is 0 Å². The Bertz CT molecular complexity index is 3350. The van der Waals surface area contributed by atoms with Gasteiger partial charge in [-0.2, -0.15) is 0 Å². The molecule has 0 aliphatic heterocycles. The van der Waals surface area contributed by atoms with Gasteiger partial charge in [0.05, 0.1) is 33.2 Å². The molecule has 3 heterocycles. The van der Waals surface area contributed by atoms with Crippen molar-refractivity contribution >= 4 is 65.6 Å². The number of fused-ring (bicyclic) bond motifs is 9. The standard InChI is InChI=1S/C55H36N2O/c1-4-17-37(18-5-1)55(38-19-6-2-7-20-38,39-21-8-3-9-22-39)40-31-33-50-46(35-40)47-36-41(56-48-27-13-10-23-42(48)43-24-11-14-28-49(43)56)32-34-51(47)57(50)52-29-16-26-45-44-25-12-15-30-53(44)58-54(45)52/h1-36H. The van der Waals surface area contributed by atoms with E-state index in [2.05, 4.69) is 221 Å². The first kappa shape index (κ1) is 32.6. The molecule has 9 aromatic carbocycles. The molecule has 0 saturated heterocycles. The molecule has 0 amide bonds. The maximum Gasteiger partial charge on any atom is 0.159 e. The van der Waals surface area contributed by atoms with Crippen LogP contribution >= 0.6 is 0 Å². The van der Waals surface area contributed by atoms with E-state index < -0.39 is 5.41 Å². The summed E-state index contributed by atoms with van der Waals surface area (Å²) >= 11 is 0. The van der Waals surface area contributed by atoms with E-state index in [0.717, 1.165) is 44.3 Å². The zero-order chi connectivity index (χ0) is 38.2. The number of aromatic nitrogens is 2. The fraction of sp³-hybridized carbons (Fsp3) is 0.0182. The highest BCUT2D eigenvalue weighted by molar-refractivity contribution is 6.14. The van der Waals surface area contributed by atoms with Crippen LogP contribution in [0.2, 0.25) is 0 Å². The molecule has 0 aliphatic rings. The summed E-state index contributed by atoms with van der Waals surface area (Å²) < 4.78 is 11.5. The second kappa shape index (κ2) is 12.7. The van der Waals surface area contributed by atoms with Crippen LogP contribution in [0.1, 0.15) is 22.3 Å². The van der Waals surface area contributed by atoms with E-state index in [-0.39, 0.29) is 0 Å². The fourth-order valence-corrected chi connectivity index (χ4v) is 9.82. The molecule has 3 nitrogen and oxygen atoms in total. The lowest BCUT2D eigenvalue weighted by molar-refractivity contribution is 0.666. The quantitative estimate of drug-likeness (QED) is 0.156. The van der Waals surface area contributed by atoms with Crippen molar-refractivity contribution < 1.29 is 4.42 Å². The lowest BCUT2D eigenvalue weighted by atomic mass is 9.65. The van der Waals surface area contributed by atoms with Gasteiger partial charge < -0.3 is 13.6 Å². The molecule has 0 atom stereocenters. The Balaban J connectivity index is 1.22. The summed E-state index contributed by atoms with van der Waals surface area (Å²) in [6.07, 6.45) is 0. The Hall–Kier alpha value is -7.62. The van der Waals surface area contributed by atoms with E-state index in [1.54, 1.807) is 0 Å². The van der Waals surface area contributed by atoms with Crippen LogP contribution in [0.3, 0.4) is 0 Å². The zero-order valence-corrected chi connectivity index (χ0v) is 31.6. The van der Waals surface area contributed by atoms with Crippen LogP contribution in [-0.2, 0) is 5.41 Å². The Kier molecular flexibility index (Phi) is 7.14. The Morgan fingerprint density at radius 2 is 0.793 bits per heavy atom. The summed E-state index contributed by atoms with van der Waals surface area (Å²) in [7, 11) is 0. The van der Waals surface area contributed by atoms with E-state index in [1.165, 1.54) is 54.8 Å². The normalized spacial score (nSPS) is 12.1. The highest BCUT2D eigenvalue weighted by Crippen LogP contribution is 2.47. The maximum absolute atomic E-state index is 6.71. The topological polar surface area (TPSA) is 23.0 Å². The summed E-state index contributed by atoms with van der Waals surface area (Å²) in [6.45, 7) is 0. The van der Waals surface area contributed by atoms with Crippen molar-refractivity contribution in [3.8, 4) is 11.4 Å². The number of hydrogen-bond acceptors (Lipinski definition) is 1. The average molecular weight is 741 g/mol. The van der Waals surface area contributed by atoms with Crippen molar-refractivity contribution in [2.45, 2.75) is 5.41 Å². The third kappa shape index (κ3) is 4.62. The lowest BCUT2D eigenvalue weighted by Crippen LogP contribution is -2.30. The number of nitrogens with zero attached hydrogens (tertiary/aromatic N) is 2. The van der Waals surface area contributed by atoms with Crippen LogP contribution in [0.4, 0.5) is 0 Å². The second-order valence-electron chi connectivity index (χ2n) is 15.2. The van der Waals surface area contributed by atoms with Crippen LogP contribution in [0.5, 0.6) is 0 Å². The molecule has 0 saturated carbocycles. The largest absolute Gasteiger partial charge is 0.454 e. The predicted molar refractivity (Wildman–Crippen MR) is 241 cm³/mol. The van der Waals surface area contributed by atoms with Gasteiger partial charge in [0.2, 0.25) is 0 Å². The first-order chi connectivity index (χ1) is 28.8. The highest BCUT2D eigenvalue weighted by Gasteiger charge is 2.38. The predicted octanol–water partition coefficient (Wildman–Crippen LogP) is 14.2. The minimum Gasteiger partial charge on any atom is -0.454 e. The molecule has 58 heavy (non-hydrogen) atoms. The smallest absolute Gasteiger partial charge is 0.159 e. The van der Waals surface area contributed by atoms with Gasteiger partial charge in [0, 0.05) is 38.0 Å². The molecule has 272 valence electrons. The lowest BCUT2D eigenvalue weighted by Gasteiger charge is -2.37. The summed E-state index contributed by atoms with van der Waals surface area (Å²) in [5.41, 5.74) is 12.8. The van der Waals surface area contributed by atoms with E-state index in [9.17, 15) is 0 Å². The highest BCUT2D eigenvalue weighted by atomic mass is 16.3. The van der Waals surface area contributed by atoms with Gasteiger partial charge in [-0.25, -0.2) is 0 Å². The van der Waals surface area contributed by atoms with E-state index in [4.69, 9.17) is 4.42 Å². The van der Waals surface area contributed by atoms with Crippen molar-refractivity contribution in [3.05, 3.63) is 241 Å². The summed E-state index contributed by atoms with van der Waals surface area (Å²) in [5, 5.41) is 7.07. The second-order valence-corrected chi connectivity index (χ2v) is 15.2. The number of benzene rings is 9. The van der Waals surface area contributed by atoms with Crippen molar-refractivity contribution in [2.24, 2.45) is 0 Å². The van der Waals surface area contributed by atoms with Gasteiger partial charge in [-0.05, 0) is 76.9 Å². The first-order valence-corrected chi connectivity index (χ1v) is 19.9. The van der Waals surface area contributed by atoms with Crippen molar-refractivity contribution in [1.82, 2.24) is 9.13 Å². The Labute approximate surface area is 335 Å². The Morgan fingerprint density at radius 3 is 1.41 bits per heavy atom. The van der Waals surface area contributed by atoms with E-state index >= 15 is 0 Å². The molecule has 0 radical (unpaired) electrons. The van der Waals surface area contributed by atoms with Crippen LogP contribution < -0.4 is 0 Å². The fourth-order valence-electron chi connectivity index (χ4n) is 9.82. The number of hydrogen-bond donors (Lipinski definition) is 0. The van der Waals surface area contributed by atoms with Gasteiger partial charge in [0.1, 0.15) is 5.58 Å². The molecular weight excluding hydrogens is 705 g/mol. The van der Waals surface area contributed by atoms with Crippen molar-refractivity contribution in [2.75, 3.05) is 0 Å². The minimum atomic E-state index is -0.588. The summed E-state index contributed by atoms with van der Waals surface area (Å²) in [4.78, 5) is 0. The molecule has 0 fully saturated rings. The molecule has 3 heteroatoms. The molecule has 0 unspecified atom stereocenters. The Morgan fingerprint density at radius 1 is 0.310 bits per heavy atom. The molecule has 3 aromatic heterocycles. The maximum atomic E-state index is 6.71. The molecule has 0 N–H and O–H groups in total. The third-order valence-corrected chi connectivity index (χ3v) is 12.3. The first-order valence-electron chi connectivity index (χ1n) is 19.9. The molecule has 0 aliphatic carbocycles. The van der Waals surface area contributed by atoms with Gasteiger partial charge in [-0.3, -0.25) is 0 Å². The van der Waals surface area contributed by atoms with Crippen LogP contribution in [0.25, 0.3) is 76.9 Å². The van der Waals surface area contributed by atoms with Gasteiger partial charge in [0.25, 0.3) is 0 Å². The molecule has 0 bridgehead atoms. The molecule has 0 spiro atoms. The van der Waals surface area contributed by atoms with Gasteiger partial charge in [-0.15, -0.1) is 0 Å². The number of furan rings is 1. The summed E-state index contributed by atoms with van der Waals surface area (Å²) in [5.74, 6) is 0. The van der Waals surface area contributed by atoms with Gasteiger partial charge in [0.15, 0.2) is 5.58 Å². The molecule has 12 aromatic rings. The van der Waals surface area contributed by atoms with E-state index in [0.29, 0.717) is 0 Å². The monoisotopic (exact) mass is 740 g/mol. The summed E-state index contributed by atoms with van der Waals surface area (Å²) in [6, 6.07) is 79.3. The van der Waals surface area contributed by atoms with Crippen LogP contribution in [0.15, 0.2) is 223 Å². The van der Waals surface area contributed by atoms with Crippen molar-refractivity contribution in [1.29, 1.82) is 0 Å². The molecular formula is C55H36N2O. The van der Waals surface area contributed by atoms with Gasteiger partial charge in [-0.1, -0.05) is 164 Å². The van der Waals surface area contributed by atoms with Crippen molar-refractivity contribution in [3.63, 3.8) is 0 Å². The third-order valence-electron chi connectivity index (χ3n) is 12.3. The van der Waals surface area contributed by atoms with E-state index in [1.807, 2.05) is 6.07 Å². The van der Waals surface area contributed by atoms with Crippen LogP contribution in [0, 0.1) is 0 Å². The SMILES string of the molecule is c1ccc(C(c2ccccc2)(c2ccccc2)c2ccc3c(c2)c2cc(-n4c5ccccc5c5ccccc54)ccc2n3-c2cccc3c2oc2ccccc23)cc1. The average Bonchev–Trinajstić information content (AvgIpc) is 3.95. The van der Waals surface area contributed by atoms with Crippen LogP contribution in [-0.4, -0.2) is 9.13 Å². The zero-order valence-electron chi connectivity index (χ0n) is 31.6. The minimum absolute atomic E-state index is 0.588.